The molecule has 0 aromatic heterocycles. The van der Waals surface area contributed by atoms with Crippen molar-refractivity contribution in [3.05, 3.63) is 29.8 Å². The second-order valence-corrected chi connectivity index (χ2v) is 6.37. The van der Waals surface area contributed by atoms with Crippen LogP contribution in [0, 0.1) is 5.92 Å². The molecular formula is C20H30O5. The lowest BCUT2D eigenvalue weighted by atomic mass is 9.93. The third-order valence-corrected chi connectivity index (χ3v) is 4.26. The van der Waals surface area contributed by atoms with Crippen LogP contribution >= 0.6 is 0 Å². The van der Waals surface area contributed by atoms with Crippen LogP contribution in [-0.4, -0.2) is 28.8 Å². The number of carboxylic acids is 2. The zero-order valence-electron chi connectivity index (χ0n) is 15.1. The first-order chi connectivity index (χ1) is 12.0. The van der Waals surface area contributed by atoms with Crippen LogP contribution in [-0.2, 0) is 16.0 Å². The summed E-state index contributed by atoms with van der Waals surface area (Å²) < 4.78 is 5.40. The normalized spacial score (nSPS) is 11.9. The van der Waals surface area contributed by atoms with Gasteiger partial charge in [0.1, 0.15) is 5.75 Å². The maximum absolute atomic E-state index is 11.5. The number of carbonyl (C=O) groups is 2. The van der Waals surface area contributed by atoms with Crippen molar-refractivity contribution in [2.75, 3.05) is 6.61 Å². The van der Waals surface area contributed by atoms with Gasteiger partial charge < -0.3 is 14.9 Å². The summed E-state index contributed by atoms with van der Waals surface area (Å²) in [6.45, 7) is 2.55. The minimum absolute atomic E-state index is 0.239. The fourth-order valence-corrected chi connectivity index (χ4v) is 2.86. The summed E-state index contributed by atoms with van der Waals surface area (Å²) in [5.41, 5.74) is 1.02. The predicted molar refractivity (Wildman–Crippen MR) is 97.0 cm³/mol. The molecule has 0 amide bonds. The highest BCUT2D eigenvalue weighted by molar-refractivity contribution is 5.70. The summed E-state index contributed by atoms with van der Waals surface area (Å²) >= 11 is 0. The Morgan fingerprint density at radius 3 is 2.12 bits per heavy atom. The fraction of sp³-hybridized carbons (Fsp3) is 0.600. The van der Waals surface area contributed by atoms with Gasteiger partial charge in [-0.25, -0.2) is 0 Å². The van der Waals surface area contributed by atoms with E-state index in [1.807, 2.05) is 31.2 Å². The summed E-state index contributed by atoms with van der Waals surface area (Å²) in [4.78, 5) is 21.9. The van der Waals surface area contributed by atoms with Crippen molar-refractivity contribution in [2.24, 2.45) is 5.92 Å². The monoisotopic (exact) mass is 350 g/mol. The molecule has 0 radical (unpaired) electrons. The standard InChI is InChI=1S/C20H30O5/c1-2-25-18-13-11-16(12-14-18)15-17(20(23)24)9-7-5-3-4-6-8-10-19(21)22/h11-14,17H,2-10,15H2,1H3,(H,21,22)(H,23,24). The lowest BCUT2D eigenvalue weighted by molar-refractivity contribution is -0.142. The van der Waals surface area contributed by atoms with Crippen molar-refractivity contribution < 1.29 is 24.5 Å². The first-order valence-electron chi connectivity index (χ1n) is 9.19. The van der Waals surface area contributed by atoms with Crippen LogP contribution in [0.2, 0.25) is 0 Å². The maximum atomic E-state index is 11.5. The molecule has 1 aromatic rings. The number of hydrogen-bond donors (Lipinski definition) is 2. The van der Waals surface area contributed by atoms with E-state index in [-0.39, 0.29) is 12.3 Å². The molecule has 1 aromatic carbocycles. The van der Waals surface area contributed by atoms with Crippen LogP contribution in [0.4, 0.5) is 0 Å². The summed E-state index contributed by atoms with van der Waals surface area (Å²) in [5, 5.41) is 18.0. The highest BCUT2D eigenvalue weighted by Crippen LogP contribution is 2.20. The van der Waals surface area contributed by atoms with E-state index in [9.17, 15) is 14.7 Å². The van der Waals surface area contributed by atoms with Crippen LogP contribution in [0.3, 0.4) is 0 Å². The van der Waals surface area contributed by atoms with Gasteiger partial charge in [-0.15, -0.1) is 0 Å². The van der Waals surface area contributed by atoms with E-state index in [2.05, 4.69) is 0 Å². The van der Waals surface area contributed by atoms with Crippen molar-refractivity contribution >= 4 is 11.9 Å². The van der Waals surface area contributed by atoms with Crippen LogP contribution in [0.15, 0.2) is 24.3 Å². The van der Waals surface area contributed by atoms with E-state index in [0.29, 0.717) is 19.4 Å². The molecule has 5 heteroatoms. The third kappa shape index (κ3) is 9.75. The topological polar surface area (TPSA) is 83.8 Å². The average Bonchev–Trinajstić information content (AvgIpc) is 2.57. The molecule has 0 spiro atoms. The average molecular weight is 350 g/mol. The molecule has 1 atom stereocenters. The number of rotatable bonds is 14. The van der Waals surface area contributed by atoms with Crippen LogP contribution < -0.4 is 4.74 Å². The lowest BCUT2D eigenvalue weighted by Crippen LogP contribution is -2.16. The van der Waals surface area contributed by atoms with E-state index >= 15 is 0 Å². The molecule has 140 valence electrons. The Balaban J connectivity index is 2.25. The van der Waals surface area contributed by atoms with Crippen molar-refractivity contribution in [2.45, 2.75) is 64.7 Å². The number of hydrogen-bond acceptors (Lipinski definition) is 3. The molecule has 0 fully saturated rings. The Bertz CT molecular complexity index is 509. The highest BCUT2D eigenvalue weighted by Gasteiger charge is 2.17. The SMILES string of the molecule is CCOc1ccc(CC(CCCCCCCCC(=O)O)C(=O)O)cc1. The second-order valence-electron chi connectivity index (χ2n) is 6.37. The zero-order chi connectivity index (χ0) is 18.5. The first-order valence-corrected chi connectivity index (χ1v) is 9.19. The molecule has 25 heavy (non-hydrogen) atoms. The minimum atomic E-state index is -0.740. The van der Waals surface area contributed by atoms with E-state index in [1.54, 1.807) is 0 Å². The van der Waals surface area contributed by atoms with Crippen molar-refractivity contribution in [1.29, 1.82) is 0 Å². The number of aliphatic carboxylic acids is 2. The third-order valence-electron chi connectivity index (χ3n) is 4.26. The molecule has 0 aliphatic rings. The predicted octanol–water partition coefficient (Wildman–Crippen LogP) is 4.53. The molecule has 0 saturated heterocycles. The van der Waals surface area contributed by atoms with E-state index in [1.165, 1.54) is 0 Å². The van der Waals surface area contributed by atoms with E-state index in [0.717, 1.165) is 49.8 Å². The smallest absolute Gasteiger partial charge is 0.306 e. The Kier molecular flexibility index (Phi) is 10.4. The highest BCUT2D eigenvalue weighted by atomic mass is 16.5. The second kappa shape index (κ2) is 12.3. The van der Waals surface area contributed by atoms with Gasteiger partial charge >= 0.3 is 11.9 Å². The Hall–Kier alpha value is -2.04. The van der Waals surface area contributed by atoms with Gasteiger partial charge in [0.2, 0.25) is 0 Å². The van der Waals surface area contributed by atoms with Crippen LogP contribution in [0.5, 0.6) is 5.75 Å². The van der Waals surface area contributed by atoms with Crippen molar-refractivity contribution in [1.82, 2.24) is 0 Å². The van der Waals surface area contributed by atoms with Gasteiger partial charge in [0.25, 0.3) is 0 Å². The van der Waals surface area contributed by atoms with E-state index < -0.39 is 11.9 Å². The van der Waals surface area contributed by atoms with Gasteiger partial charge in [-0.05, 0) is 43.9 Å². The molecule has 0 aliphatic heterocycles. The number of benzene rings is 1. The van der Waals surface area contributed by atoms with Crippen molar-refractivity contribution in [3.8, 4) is 5.75 Å². The first kappa shape index (κ1) is 21.0. The molecule has 2 N–H and O–H groups in total. The number of ether oxygens (including phenoxy) is 1. The Labute approximate surface area is 150 Å². The van der Waals surface area contributed by atoms with Gasteiger partial charge in [-0.2, -0.15) is 0 Å². The maximum Gasteiger partial charge on any atom is 0.306 e. The molecule has 5 nitrogen and oxygen atoms in total. The fourth-order valence-electron chi connectivity index (χ4n) is 2.86. The van der Waals surface area contributed by atoms with Gasteiger partial charge in [-0.1, -0.05) is 44.2 Å². The minimum Gasteiger partial charge on any atom is -0.494 e. The summed E-state index contributed by atoms with van der Waals surface area (Å²) in [6, 6.07) is 7.64. The van der Waals surface area contributed by atoms with Gasteiger partial charge in [0.15, 0.2) is 0 Å². The quantitative estimate of drug-likeness (QED) is 0.481. The number of carboxylic acid groups (broad SMARTS) is 2. The molecule has 0 aliphatic carbocycles. The summed E-state index contributed by atoms with van der Waals surface area (Å²) in [5.74, 6) is -1.03. The Morgan fingerprint density at radius 2 is 1.56 bits per heavy atom. The van der Waals surface area contributed by atoms with Crippen molar-refractivity contribution in [3.63, 3.8) is 0 Å². The molecule has 0 heterocycles. The van der Waals surface area contributed by atoms with Crippen LogP contribution in [0.25, 0.3) is 0 Å². The summed E-state index contributed by atoms with van der Waals surface area (Å²) in [7, 11) is 0. The molecule has 0 saturated carbocycles. The van der Waals surface area contributed by atoms with Gasteiger partial charge in [0.05, 0.1) is 12.5 Å². The molecule has 1 unspecified atom stereocenters. The zero-order valence-corrected chi connectivity index (χ0v) is 15.1. The van der Waals surface area contributed by atoms with Gasteiger partial charge in [0, 0.05) is 6.42 Å². The molecule has 1 rings (SSSR count). The van der Waals surface area contributed by atoms with Crippen LogP contribution in [0.1, 0.15) is 63.9 Å². The lowest BCUT2D eigenvalue weighted by Gasteiger charge is -2.13. The summed E-state index contributed by atoms with van der Waals surface area (Å²) in [6.07, 6.45) is 7.07. The van der Waals surface area contributed by atoms with Gasteiger partial charge in [-0.3, -0.25) is 9.59 Å². The molecule has 0 bridgehead atoms. The number of unbranched alkanes of at least 4 members (excludes halogenated alkanes) is 5. The molecular weight excluding hydrogens is 320 g/mol. The Morgan fingerprint density at radius 1 is 0.960 bits per heavy atom. The van der Waals surface area contributed by atoms with E-state index in [4.69, 9.17) is 9.84 Å². The largest absolute Gasteiger partial charge is 0.494 e.